The monoisotopic (exact) mass is 379 g/mol. The Hall–Kier alpha value is -2.04. The second kappa shape index (κ2) is 8.88. The Morgan fingerprint density at radius 2 is 1.76 bits per heavy atom. The summed E-state index contributed by atoms with van der Waals surface area (Å²) in [6.45, 7) is 3.91. The summed E-state index contributed by atoms with van der Waals surface area (Å²) in [7, 11) is 0. The lowest BCUT2D eigenvalue weighted by molar-refractivity contribution is -0.148. The van der Waals surface area contributed by atoms with Crippen LogP contribution in [0.25, 0.3) is 0 Å². The molecule has 0 radical (unpaired) electrons. The van der Waals surface area contributed by atoms with E-state index in [0.717, 1.165) is 5.56 Å². The van der Waals surface area contributed by atoms with E-state index in [-0.39, 0.29) is 24.1 Å². The average Bonchev–Trinajstić information content (AvgIpc) is 2.62. The van der Waals surface area contributed by atoms with E-state index in [2.05, 4.69) is 0 Å². The van der Waals surface area contributed by atoms with Gasteiger partial charge in [-0.25, -0.2) is 4.79 Å². The molecule has 2 aromatic carbocycles. The summed E-state index contributed by atoms with van der Waals surface area (Å²) in [5.41, 5.74) is 1.27. The van der Waals surface area contributed by atoms with Gasteiger partial charge in [0.05, 0.1) is 16.7 Å². The molecule has 0 N–H and O–H groups in total. The number of benzene rings is 2. The van der Waals surface area contributed by atoms with E-state index in [4.69, 9.17) is 27.9 Å². The summed E-state index contributed by atoms with van der Waals surface area (Å²) in [6, 6.07) is 13.4. The fourth-order valence-electron chi connectivity index (χ4n) is 2.35. The molecule has 0 aromatic heterocycles. The highest BCUT2D eigenvalue weighted by Gasteiger charge is 2.28. The van der Waals surface area contributed by atoms with Gasteiger partial charge < -0.3 is 9.64 Å². The first-order valence-electron chi connectivity index (χ1n) is 7.90. The largest absolute Gasteiger partial charge is 0.464 e. The lowest BCUT2D eigenvalue weighted by atomic mass is 10.1. The number of hydrogen-bond donors (Lipinski definition) is 0. The fourth-order valence-corrected chi connectivity index (χ4v) is 2.65. The van der Waals surface area contributed by atoms with Crippen molar-refractivity contribution in [2.75, 3.05) is 6.61 Å². The van der Waals surface area contributed by atoms with E-state index in [9.17, 15) is 9.59 Å². The van der Waals surface area contributed by atoms with Crippen LogP contribution in [0.2, 0.25) is 10.0 Å². The average molecular weight is 380 g/mol. The predicted octanol–water partition coefficient (Wildman–Crippen LogP) is 4.59. The van der Waals surface area contributed by atoms with Gasteiger partial charge in [-0.05, 0) is 37.6 Å². The number of rotatable bonds is 6. The molecule has 1 amide bonds. The van der Waals surface area contributed by atoms with Crippen molar-refractivity contribution in [2.24, 2.45) is 0 Å². The lowest BCUT2D eigenvalue weighted by Gasteiger charge is -2.28. The van der Waals surface area contributed by atoms with Gasteiger partial charge in [0, 0.05) is 12.1 Å². The summed E-state index contributed by atoms with van der Waals surface area (Å²) in [6.07, 6.45) is 0. The third-order valence-corrected chi connectivity index (χ3v) is 4.46. The van der Waals surface area contributed by atoms with Crippen molar-refractivity contribution in [3.05, 3.63) is 69.7 Å². The van der Waals surface area contributed by atoms with Crippen LogP contribution in [0, 0.1) is 0 Å². The van der Waals surface area contributed by atoms with Crippen LogP contribution >= 0.6 is 23.2 Å². The molecule has 0 spiro atoms. The maximum absolute atomic E-state index is 13.0. The Morgan fingerprint density at radius 3 is 2.36 bits per heavy atom. The Labute approximate surface area is 157 Å². The maximum atomic E-state index is 13.0. The van der Waals surface area contributed by atoms with Gasteiger partial charge in [0.2, 0.25) is 0 Å². The second-order valence-electron chi connectivity index (χ2n) is 5.48. The molecule has 0 aliphatic carbocycles. The van der Waals surface area contributed by atoms with Crippen molar-refractivity contribution in [2.45, 2.75) is 26.4 Å². The smallest absolute Gasteiger partial charge is 0.328 e. The molecule has 0 aliphatic rings. The van der Waals surface area contributed by atoms with E-state index in [1.54, 1.807) is 26.0 Å². The number of hydrogen-bond acceptors (Lipinski definition) is 3. The number of nitrogens with zero attached hydrogens (tertiary/aromatic N) is 1. The van der Waals surface area contributed by atoms with E-state index in [1.807, 2.05) is 30.3 Å². The highest BCUT2D eigenvalue weighted by atomic mass is 35.5. The number of esters is 1. The first-order chi connectivity index (χ1) is 11.9. The van der Waals surface area contributed by atoms with Gasteiger partial charge >= 0.3 is 5.97 Å². The molecule has 1 atom stereocenters. The molecule has 1 unspecified atom stereocenters. The van der Waals surface area contributed by atoms with Crippen LogP contribution in [0.15, 0.2) is 48.5 Å². The van der Waals surface area contributed by atoms with Gasteiger partial charge in [0.15, 0.2) is 0 Å². The third kappa shape index (κ3) is 4.97. The van der Waals surface area contributed by atoms with Crippen LogP contribution in [-0.4, -0.2) is 29.4 Å². The molecule has 132 valence electrons. The van der Waals surface area contributed by atoms with Gasteiger partial charge in [0.1, 0.15) is 6.04 Å². The van der Waals surface area contributed by atoms with Crippen LogP contribution in [0.4, 0.5) is 0 Å². The quantitative estimate of drug-likeness (QED) is 0.689. The molecule has 0 bridgehead atoms. The van der Waals surface area contributed by atoms with Crippen molar-refractivity contribution in [3.63, 3.8) is 0 Å². The zero-order valence-electron chi connectivity index (χ0n) is 14.0. The molecule has 0 aliphatic heterocycles. The third-order valence-electron chi connectivity index (χ3n) is 3.72. The number of ether oxygens (including phenoxy) is 1. The van der Waals surface area contributed by atoms with Crippen LogP contribution in [0.3, 0.4) is 0 Å². The number of halogens is 2. The zero-order valence-corrected chi connectivity index (χ0v) is 15.6. The summed E-state index contributed by atoms with van der Waals surface area (Å²) < 4.78 is 5.07. The molecule has 4 nitrogen and oxygen atoms in total. The molecule has 0 saturated carbocycles. The van der Waals surface area contributed by atoms with Gasteiger partial charge in [-0.3, -0.25) is 4.79 Å². The molecule has 2 aromatic rings. The van der Waals surface area contributed by atoms with Crippen LogP contribution in [-0.2, 0) is 16.1 Å². The van der Waals surface area contributed by atoms with E-state index in [1.165, 1.54) is 11.0 Å². The zero-order chi connectivity index (χ0) is 18.4. The minimum atomic E-state index is -0.734. The highest BCUT2D eigenvalue weighted by molar-refractivity contribution is 6.42. The number of carbonyl (C=O) groups excluding carboxylic acids is 2. The molecule has 6 heteroatoms. The van der Waals surface area contributed by atoms with Crippen LogP contribution in [0.5, 0.6) is 0 Å². The molecular formula is C19H19Cl2NO3. The summed E-state index contributed by atoms with van der Waals surface area (Å²) >= 11 is 11.9. The molecular weight excluding hydrogens is 361 g/mol. The summed E-state index contributed by atoms with van der Waals surface area (Å²) in [4.78, 5) is 26.6. The number of amides is 1. The molecule has 2 rings (SSSR count). The van der Waals surface area contributed by atoms with Gasteiger partial charge in [-0.1, -0.05) is 53.5 Å². The molecule has 0 saturated heterocycles. The Balaban J connectivity index is 2.33. The van der Waals surface area contributed by atoms with Gasteiger partial charge in [-0.15, -0.1) is 0 Å². The van der Waals surface area contributed by atoms with Crippen molar-refractivity contribution in [1.82, 2.24) is 4.90 Å². The van der Waals surface area contributed by atoms with E-state index >= 15 is 0 Å². The van der Waals surface area contributed by atoms with Crippen molar-refractivity contribution in [1.29, 1.82) is 0 Å². The Morgan fingerprint density at radius 1 is 1.08 bits per heavy atom. The number of carbonyl (C=O) groups is 2. The first-order valence-corrected chi connectivity index (χ1v) is 8.66. The van der Waals surface area contributed by atoms with Crippen LogP contribution < -0.4 is 0 Å². The lowest BCUT2D eigenvalue weighted by Crippen LogP contribution is -2.43. The minimum Gasteiger partial charge on any atom is -0.464 e. The van der Waals surface area contributed by atoms with Gasteiger partial charge in [0.25, 0.3) is 5.91 Å². The van der Waals surface area contributed by atoms with Crippen molar-refractivity contribution >= 4 is 35.1 Å². The first kappa shape index (κ1) is 19.3. The Bertz CT molecular complexity index is 750. The van der Waals surface area contributed by atoms with Crippen LogP contribution in [0.1, 0.15) is 29.8 Å². The summed E-state index contributed by atoms with van der Waals surface area (Å²) in [5, 5.41) is 0.655. The minimum absolute atomic E-state index is 0.253. The molecule has 0 fully saturated rings. The Kier molecular flexibility index (Phi) is 6.85. The molecule has 25 heavy (non-hydrogen) atoms. The molecule has 0 heterocycles. The summed E-state index contributed by atoms with van der Waals surface area (Å²) in [5.74, 6) is -0.769. The van der Waals surface area contributed by atoms with Crippen molar-refractivity contribution in [3.8, 4) is 0 Å². The SMILES string of the molecule is CCOC(=O)C(C)N(Cc1ccccc1)C(=O)c1ccc(Cl)c(Cl)c1. The standard InChI is InChI=1S/C19H19Cl2NO3/c1-3-25-19(24)13(2)22(12-14-7-5-4-6-8-14)18(23)15-9-10-16(20)17(21)11-15/h4-11,13H,3,12H2,1-2H3. The normalized spacial score (nSPS) is 11.7. The topological polar surface area (TPSA) is 46.6 Å². The maximum Gasteiger partial charge on any atom is 0.328 e. The fraction of sp³-hybridized carbons (Fsp3) is 0.263. The van der Waals surface area contributed by atoms with Crippen molar-refractivity contribution < 1.29 is 14.3 Å². The van der Waals surface area contributed by atoms with Gasteiger partial charge in [-0.2, -0.15) is 0 Å². The second-order valence-corrected chi connectivity index (χ2v) is 6.29. The highest BCUT2D eigenvalue weighted by Crippen LogP contribution is 2.24. The predicted molar refractivity (Wildman–Crippen MR) is 98.9 cm³/mol. The van der Waals surface area contributed by atoms with E-state index < -0.39 is 12.0 Å². The van der Waals surface area contributed by atoms with E-state index in [0.29, 0.717) is 10.6 Å².